The van der Waals surface area contributed by atoms with Gasteiger partial charge in [-0.15, -0.1) is 0 Å². The Morgan fingerprint density at radius 1 is 1.30 bits per heavy atom. The van der Waals surface area contributed by atoms with E-state index < -0.39 is 5.41 Å². The molecule has 33 heavy (non-hydrogen) atoms. The zero-order valence-corrected chi connectivity index (χ0v) is 19.5. The average molecular weight is 458 g/mol. The van der Waals surface area contributed by atoms with Crippen LogP contribution < -0.4 is 5.48 Å². The molecule has 2 fully saturated rings. The van der Waals surface area contributed by atoms with Crippen LogP contribution in [0.1, 0.15) is 69.0 Å². The van der Waals surface area contributed by atoms with E-state index in [0.29, 0.717) is 45.0 Å². The molecule has 2 aliphatic heterocycles. The summed E-state index contributed by atoms with van der Waals surface area (Å²) in [6, 6.07) is 4.10. The third kappa shape index (κ3) is 7.53. The molecule has 0 saturated carbocycles. The van der Waals surface area contributed by atoms with E-state index in [-0.39, 0.29) is 11.9 Å². The van der Waals surface area contributed by atoms with Gasteiger partial charge < -0.3 is 14.4 Å². The van der Waals surface area contributed by atoms with Crippen molar-refractivity contribution in [3.8, 4) is 11.8 Å². The summed E-state index contributed by atoms with van der Waals surface area (Å²) >= 11 is 0. The monoisotopic (exact) mass is 457 g/mol. The number of piperidine rings is 1. The second-order valence-corrected chi connectivity index (χ2v) is 8.92. The molecule has 0 aromatic carbocycles. The van der Waals surface area contributed by atoms with Crippen LogP contribution in [-0.2, 0) is 19.1 Å². The summed E-state index contributed by atoms with van der Waals surface area (Å²) in [5.74, 6) is 6.11. The molecule has 0 aliphatic carbocycles. The highest BCUT2D eigenvalue weighted by Gasteiger charge is 2.40. The normalized spacial score (nSPS) is 18.7. The molecule has 8 nitrogen and oxygen atoms in total. The predicted molar refractivity (Wildman–Crippen MR) is 122 cm³/mol. The number of carbonyl (C=O) groups excluding carboxylic acids is 2. The van der Waals surface area contributed by atoms with Crippen molar-refractivity contribution < 1.29 is 24.3 Å². The zero-order chi connectivity index (χ0) is 23.5. The van der Waals surface area contributed by atoms with Gasteiger partial charge in [0.2, 0.25) is 5.91 Å². The highest BCUT2D eigenvalue weighted by Crippen LogP contribution is 2.35. The van der Waals surface area contributed by atoms with E-state index in [1.165, 1.54) is 6.92 Å². The molecule has 2 N–H and O–H groups in total. The van der Waals surface area contributed by atoms with Gasteiger partial charge in [0.25, 0.3) is 0 Å². The number of carbonyl (C=O) groups is 2. The predicted octanol–water partition coefficient (Wildman–Crippen LogP) is 2.65. The largest absolute Gasteiger partial charge is 0.466 e. The van der Waals surface area contributed by atoms with Crippen LogP contribution >= 0.6 is 0 Å². The Balaban J connectivity index is 1.42. The molecule has 3 rings (SSSR count). The van der Waals surface area contributed by atoms with E-state index in [1.807, 2.05) is 17.7 Å². The molecule has 1 aromatic rings. The second-order valence-electron chi connectivity index (χ2n) is 8.92. The molecule has 2 aliphatic rings. The summed E-state index contributed by atoms with van der Waals surface area (Å²) < 4.78 is 10.3. The van der Waals surface area contributed by atoms with E-state index in [1.54, 1.807) is 0 Å². The maximum absolute atomic E-state index is 12.3. The third-order valence-electron chi connectivity index (χ3n) is 6.72. The molecule has 0 unspecified atom stereocenters. The molecule has 2 saturated heterocycles. The van der Waals surface area contributed by atoms with Gasteiger partial charge in [-0.1, -0.05) is 11.8 Å². The number of likely N-dealkylation sites (tertiary alicyclic amines) is 1. The van der Waals surface area contributed by atoms with E-state index in [4.69, 9.17) is 9.47 Å². The van der Waals surface area contributed by atoms with E-state index >= 15 is 0 Å². The number of hydroxylamine groups is 1. The summed E-state index contributed by atoms with van der Waals surface area (Å²) in [4.78, 5) is 30.1. The number of pyridine rings is 1. The molecule has 0 atom stereocenters. The SMILES string of the molecule is CC(=O)OCCCC#Cc1ccc(C2CCN(CCC3(C(=O)NO)CCOCC3)CC2)nc1. The second kappa shape index (κ2) is 12.7. The lowest BCUT2D eigenvalue weighted by Crippen LogP contribution is -2.46. The molecule has 1 amide bonds. The lowest BCUT2D eigenvalue weighted by atomic mass is 9.76. The van der Waals surface area contributed by atoms with Gasteiger partial charge in [-0.05, 0) is 70.3 Å². The summed E-state index contributed by atoms with van der Waals surface area (Å²) in [5, 5.41) is 9.18. The van der Waals surface area contributed by atoms with Crippen molar-refractivity contribution in [3.63, 3.8) is 0 Å². The van der Waals surface area contributed by atoms with Crippen LogP contribution in [0.2, 0.25) is 0 Å². The van der Waals surface area contributed by atoms with Crippen LogP contribution in [0, 0.1) is 17.3 Å². The first-order valence-corrected chi connectivity index (χ1v) is 11.9. The number of hydrogen-bond donors (Lipinski definition) is 2. The van der Waals surface area contributed by atoms with Gasteiger partial charge in [0.05, 0.1) is 12.0 Å². The minimum Gasteiger partial charge on any atom is -0.466 e. The van der Waals surface area contributed by atoms with Gasteiger partial charge in [0.15, 0.2) is 0 Å². The molecule has 0 spiro atoms. The lowest BCUT2D eigenvalue weighted by molar-refractivity contribution is -0.146. The van der Waals surface area contributed by atoms with Gasteiger partial charge in [0, 0.05) is 49.9 Å². The maximum Gasteiger partial charge on any atom is 0.302 e. The first-order valence-electron chi connectivity index (χ1n) is 11.9. The Morgan fingerprint density at radius 3 is 2.70 bits per heavy atom. The molecular formula is C25H35N3O5. The van der Waals surface area contributed by atoms with Crippen molar-refractivity contribution in [1.29, 1.82) is 0 Å². The van der Waals surface area contributed by atoms with E-state index in [9.17, 15) is 14.8 Å². The lowest BCUT2D eigenvalue weighted by Gasteiger charge is -2.38. The van der Waals surface area contributed by atoms with Crippen molar-refractivity contribution in [1.82, 2.24) is 15.4 Å². The van der Waals surface area contributed by atoms with E-state index in [0.717, 1.165) is 56.6 Å². The highest BCUT2D eigenvalue weighted by molar-refractivity contribution is 5.81. The number of unbranched alkanes of at least 4 members (excludes halogenated alkanes) is 1. The number of aromatic nitrogens is 1. The number of nitrogens with one attached hydrogen (secondary N) is 1. The van der Waals surface area contributed by atoms with Crippen molar-refractivity contribution in [2.45, 2.75) is 57.8 Å². The Hall–Kier alpha value is -2.47. The van der Waals surface area contributed by atoms with Crippen LogP contribution in [0.25, 0.3) is 0 Å². The topological polar surface area (TPSA) is 101 Å². The van der Waals surface area contributed by atoms with Crippen molar-refractivity contribution in [3.05, 3.63) is 29.6 Å². The Bertz CT molecular complexity index is 832. The standard InChI is InChI=1S/C25H35N3O5/c1-20(29)33-16-4-2-3-5-21-6-7-23(26-19-21)22-8-13-28(14-9-22)15-10-25(24(30)27-31)11-17-32-18-12-25/h6-7,19,22,31H,2,4,8-18H2,1H3,(H,27,30). The Morgan fingerprint density at radius 2 is 2.06 bits per heavy atom. The van der Waals surface area contributed by atoms with Gasteiger partial charge in [-0.25, -0.2) is 5.48 Å². The Kier molecular flexibility index (Phi) is 9.67. The summed E-state index contributed by atoms with van der Waals surface area (Å²) in [6.07, 6.45) is 7.37. The first kappa shape index (κ1) is 25.2. The number of ether oxygens (including phenoxy) is 2. The molecule has 0 radical (unpaired) electrons. The van der Waals surface area contributed by atoms with Gasteiger partial charge >= 0.3 is 5.97 Å². The third-order valence-corrected chi connectivity index (χ3v) is 6.72. The van der Waals surface area contributed by atoms with Crippen LogP contribution in [0.15, 0.2) is 18.3 Å². The van der Waals surface area contributed by atoms with Crippen molar-refractivity contribution >= 4 is 11.9 Å². The quantitative estimate of drug-likeness (QED) is 0.203. The Labute approximate surface area is 196 Å². The number of amides is 1. The fourth-order valence-electron chi connectivity index (χ4n) is 4.56. The number of esters is 1. The number of nitrogens with zero attached hydrogens (tertiary/aromatic N) is 2. The number of rotatable bonds is 8. The van der Waals surface area contributed by atoms with Crippen LogP contribution in [0.5, 0.6) is 0 Å². The molecule has 0 bridgehead atoms. The summed E-state index contributed by atoms with van der Waals surface area (Å²) in [5.41, 5.74) is 3.35. The molecule has 3 heterocycles. The van der Waals surface area contributed by atoms with Crippen molar-refractivity contribution in [2.75, 3.05) is 39.5 Å². The molecular weight excluding hydrogens is 422 g/mol. The smallest absolute Gasteiger partial charge is 0.302 e. The highest BCUT2D eigenvalue weighted by atomic mass is 16.5. The minimum atomic E-state index is -0.525. The molecule has 1 aromatic heterocycles. The maximum atomic E-state index is 12.3. The van der Waals surface area contributed by atoms with Crippen LogP contribution in [-0.4, -0.2) is 66.4 Å². The fourth-order valence-corrected chi connectivity index (χ4v) is 4.56. The van der Waals surface area contributed by atoms with Crippen LogP contribution in [0.3, 0.4) is 0 Å². The zero-order valence-electron chi connectivity index (χ0n) is 19.5. The van der Waals surface area contributed by atoms with E-state index in [2.05, 4.69) is 27.8 Å². The molecule has 180 valence electrons. The summed E-state index contributed by atoms with van der Waals surface area (Å²) in [7, 11) is 0. The van der Waals surface area contributed by atoms with Crippen molar-refractivity contribution in [2.24, 2.45) is 5.41 Å². The first-order chi connectivity index (χ1) is 16.0. The van der Waals surface area contributed by atoms with Crippen LogP contribution in [0.4, 0.5) is 0 Å². The number of hydrogen-bond acceptors (Lipinski definition) is 7. The average Bonchev–Trinajstić information content (AvgIpc) is 2.85. The fraction of sp³-hybridized carbons (Fsp3) is 0.640. The van der Waals surface area contributed by atoms with Gasteiger partial charge in [0.1, 0.15) is 0 Å². The van der Waals surface area contributed by atoms with Gasteiger partial charge in [-0.2, -0.15) is 0 Å². The summed E-state index contributed by atoms with van der Waals surface area (Å²) in [6.45, 7) is 5.74. The molecule has 8 heteroatoms. The minimum absolute atomic E-state index is 0.258. The van der Waals surface area contributed by atoms with Gasteiger partial charge in [-0.3, -0.25) is 19.8 Å².